The third-order valence-corrected chi connectivity index (χ3v) is 5.70. The molecule has 2 aromatic rings. The molecule has 0 amide bonds. The zero-order valence-corrected chi connectivity index (χ0v) is 16.1. The Morgan fingerprint density at radius 1 is 1.04 bits per heavy atom. The van der Waals surface area contributed by atoms with Crippen LogP contribution in [-0.4, -0.2) is 57.7 Å². The van der Waals surface area contributed by atoms with Crippen LogP contribution in [0.5, 0.6) is 5.75 Å². The van der Waals surface area contributed by atoms with Gasteiger partial charge in [-0.2, -0.15) is 0 Å². The molecule has 1 fully saturated rings. The predicted octanol–water partition coefficient (Wildman–Crippen LogP) is 1.12. The lowest BCUT2D eigenvalue weighted by Gasteiger charge is -2.39. The van der Waals surface area contributed by atoms with E-state index in [1.54, 1.807) is 6.07 Å². The first-order valence-electron chi connectivity index (χ1n) is 7.77. The number of aliphatic hydroxyl groups excluding tert-OH is 4. The topological polar surface area (TPSA) is 99.4 Å². The Balaban J connectivity index is 1.73. The van der Waals surface area contributed by atoms with Crippen molar-refractivity contribution in [3.63, 3.8) is 0 Å². The van der Waals surface area contributed by atoms with E-state index in [2.05, 4.69) is 22.6 Å². The van der Waals surface area contributed by atoms with Gasteiger partial charge in [-0.25, -0.2) is 0 Å². The van der Waals surface area contributed by atoms with Crippen molar-refractivity contribution in [2.24, 2.45) is 0 Å². The van der Waals surface area contributed by atoms with Crippen LogP contribution in [-0.2, 0) is 11.2 Å². The van der Waals surface area contributed by atoms with Crippen LogP contribution < -0.4 is 4.74 Å². The third-order valence-electron chi connectivity index (χ3n) is 4.07. The van der Waals surface area contributed by atoms with Gasteiger partial charge in [0.25, 0.3) is 0 Å². The minimum Gasteiger partial charge on any atom is -0.461 e. The third kappa shape index (κ3) is 4.33. The first kappa shape index (κ1) is 19.0. The minimum atomic E-state index is -1.45. The first-order chi connectivity index (χ1) is 12.0. The highest BCUT2D eigenvalue weighted by Gasteiger charge is 2.44. The maximum atomic E-state index is 10.1. The number of hydrogen-bond donors (Lipinski definition) is 4. The quantitative estimate of drug-likeness (QED) is 0.481. The van der Waals surface area contributed by atoms with Crippen molar-refractivity contribution in [1.82, 2.24) is 0 Å². The molecule has 1 aliphatic heterocycles. The Morgan fingerprint density at radius 3 is 2.44 bits per heavy atom. The zero-order valence-electron chi connectivity index (χ0n) is 13.2. The summed E-state index contributed by atoms with van der Waals surface area (Å²) in [4.78, 5) is 0.957. The Hall–Kier alpha value is -0.750. The van der Waals surface area contributed by atoms with Crippen molar-refractivity contribution in [1.29, 1.82) is 0 Å². The lowest BCUT2D eigenvalue weighted by atomic mass is 9.99. The molecule has 1 aromatic heterocycles. The van der Waals surface area contributed by atoms with Crippen molar-refractivity contribution in [2.75, 3.05) is 6.61 Å². The summed E-state index contributed by atoms with van der Waals surface area (Å²) in [7, 11) is 0. The van der Waals surface area contributed by atoms with Crippen LogP contribution in [0, 0.1) is 3.57 Å². The fourth-order valence-corrected chi connectivity index (χ4v) is 3.84. The number of benzene rings is 1. The van der Waals surface area contributed by atoms with Gasteiger partial charge in [-0.3, -0.25) is 0 Å². The van der Waals surface area contributed by atoms with Crippen molar-refractivity contribution in [3.05, 3.63) is 49.7 Å². The molecule has 0 spiro atoms. The fraction of sp³-hybridized carbons (Fsp3) is 0.412. The van der Waals surface area contributed by atoms with Crippen molar-refractivity contribution in [3.8, 4) is 5.75 Å². The second-order valence-electron chi connectivity index (χ2n) is 5.83. The zero-order chi connectivity index (χ0) is 18.0. The van der Waals surface area contributed by atoms with Crippen LogP contribution >= 0.6 is 33.9 Å². The van der Waals surface area contributed by atoms with Crippen LogP contribution in [0.15, 0.2) is 35.7 Å². The van der Waals surface area contributed by atoms with Crippen LogP contribution in [0.25, 0.3) is 0 Å². The van der Waals surface area contributed by atoms with Gasteiger partial charge in [-0.15, -0.1) is 11.3 Å². The Morgan fingerprint density at radius 2 is 1.76 bits per heavy atom. The molecule has 2 heterocycles. The van der Waals surface area contributed by atoms with Crippen molar-refractivity contribution in [2.45, 2.75) is 37.1 Å². The summed E-state index contributed by atoms with van der Waals surface area (Å²) in [6, 6.07) is 9.91. The summed E-state index contributed by atoms with van der Waals surface area (Å²) in [5.74, 6) is 0.549. The molecular formula is C17H19IO6S. The van der Waals surface area contributed by atoms with Gasteiger partial charge in [-0.1, -0.05) is 12.1 Å². The smallest absolute Gasteiger partial charge is 0.229 e. The molecule has 3 rings (SSSR count). The van der Waals surface area contributed by atoms with Gasteiger partial charge in [0.2, 0.25) is 6.29 Å². The minimum absolute atomic E-state index is 0.482. The molecule has 0 bridgehead atoms. The van der Waals surface area contributed by atoms with Gasteiger partial charge >= 0.3 is 0 Å². The lowest BCUT2D eigenvalue weighted by molar-refractivity contribution is -0.277. The Bertz CT molecular complexity index is 689. The highest BCUT2D eigenvalue weighted by Crippen LogP contribution is 2.31. The van der Waals surface area contributed by atoms with E-state index in [9.17, 15) is 20.4 Å². The van der Waals surface area contributed by atoms with Crippen LogP contribution in [0.3, 0.4) is 0 Å². The summed E-state index contributed by atoms with van der Waals surface area (Å²) < 4.78 is 12.3. The van der Waals surface area contributed by atoms with Gasteiger partial charge in [0.05, 0.1) is 11.5 Å². The summed E-state index contributed by atoms with van der Waals surface area (Å²) in [5.41, 5.74) is 1.13. The number of rotatable bonds is 5. The average Bonchev–Trinajstić information content (AvgIpc) is 3.04. The van der Waals surface area contributed by atoms with E-state index in [-0.39, 0.29) is 0 Å². The van der Waals surface area contributed by atoms with Crippen molar-refractivity contribution < 1.29 is 29.9 Å². The SMILES string of the molecule is OCC1OC(Oc2ccsc2Cc2ccc(I)cc2)C(O)C(O)C1O. The predicted molar refractivity (Wildman–Crippen MR) is 101 cm³/mol. The molecule has 1 saturated heterocycles. The molecule has 25 heavy (non-hydrogen) atoms. The molecule has 0 radical (unpaired) electrons. The molecule has 0 saturated carbocycles. The second-order valence-corrected chi connectivity index (χ2v) is 8.07. The van der Waals surface area contributed by atoms with E-state index in [0.717, 1.165) is 14.0 Å². The summed E-state index contributed by atoms with van der Waals surface area (Å²) in [6.45, 7) is -0.482. The Kier molecular flexibility index (Phi) is 6.31. The molecule has 8 heteroatoms. The molecule has 5 atom stereocenters. The van der Waals surface area contributed by atoms with Gasteiger partial charge < -0.3 is 29.9 Å². The van der Waals surface area contributed by atoms with Gasteiger partial charge in [0.1, 0.15) is 30.2 Å². The van der Waals surface area contributed by atoms with Crippen LogP contribution in [0.1, 0.15) is 10.4 Å². The molecule has 4 N–H and O–H groups in total. The molecule has 136 valence electrons. The molecule has 0 aliphatic carbocycles. The van der Waals surface area contributed by atoms with Crippen LogP contribution in [0.4, 0.5) is 0 Å². The number of aliphatic hydroxyl groups is 4. The molecule has 6 nitrogen and oxygen atoms in total. The van der Waals surface area contributed by atoms with Crippen molar-refractivity contribution >= 4 is 33.9 Å². The summed E-state index contributed by atoms with van der Waals surface area (Å²) in [5, 5.41) is 40.9. The van der Waals surface area contributed by atoms with Gasteiger partial charge in [0, 0.05) is 9.99 Å². The van der Waals surface area contributed by atoms with E-state index < -0.39 is 37.3 Å². The molecule has 1 aliphatic rings. The monoisotopic (exact) mass is 478 g/mol. The van der Waals surface area contributed by atoms with Gasteiger partial charge in [-0.05, 0) is 51.7 Å². The largest absolute Gasteiger partial charge is 0.461 e. The summed E-state index contributed by atoms with van der Waals surface area (Å²) >= 11 is 3.77. The number of thiophene rings is 1. The Labute approximate surface area is 162 Å². The maximum Gasteiger partial charge on any atom is 0.229 e. The van der Waals surface area contributed by atoms with Gasteiger partial charge in [0.15, 0.2) is 0 Å². The highest BCUT2D eigenvalue weighted by molar-refractivity contribution is 14.1. The van der Waals surface area contributed by atoms with E-state index in [1.165, 1.54) is 11.3 Å². The second kappa shape index (κ2) is 8.30. The number of ether oxygens (including phenoxy) is 2. The highest BCUT2D eigenvalue weighted by atomic mass is 127. The van der Waals surface area contributed by atoms with E-state index >= 15 is 0 Å². The number of hydrogen-bond acceptors (Lipinski definition) is 7. The number of halogens is 1. The molecule has 5 unspecified atom stereocenters. The fourth-order valence-electron chi connectivity index (χ4n) is 2.64. The van der Waals surface area contributed by atoms with E-state index in [0.29, 0.717) is 12.2 Å². The summed E-state index contributed by atoms with van der Waals surface area (Å²) in [6.07, 6.45) is -5.74. The molecular weight excluding hydrogens is 459 g/mol. The first-order valence-corrected chi connectivity index (χ1v) is 9.73. The standard InChI is InChI=1S/C17H19IO6S/c18-10-3-1-9(2-4-10)7-13-11(5-6-25-13)23-17-16(22)15(21)14(20)12(8-19)24-17/h1-6,12,14-17,19-22H,7-8H2. The van der Waals surface area contributed by atoms with E-state index in [1.807, 2.05) is 29.6 Å². The normalized spacial score (nSPS) is 29.6. The lowest BCUT2D eigenvalue weighted by Crippen LogP contribution is -2.60. The average molecular weight is 478 g/mol. The van der Waals surface area contributed by atoms with Crippen LogP contribution in [0.2, 0.25) is 0 Å². The molecule has 1 aromatic carbocycles. The maximum absolute atomic E-state index is 10.1. The van der Waals surface area contributed by atoms with E-state index in [4.69, 9.17) is 9.47 Å².